The van der Waals surface area contributed by atoms with E-state index in [0.29, 0.717) is 11.4 Å². The average Bonchev–Trinajstić information content (AvgIpc) is 2.92. The van der Waals surface area contributed by atoms with E-state index in [2.05, 4.69) is 4.98 Å². The second-order valence-corrected chi connectivity index (χ2v) is 8.05. The fourth-order valence-corrected chi connectivity index (χ4v) is 3.68. The van der Waals surface area contributed by atoms with Crippen molar-refractivity contribution in [3.63, 3.8) is 0 Å². The molecule has 0 aliphatic carbocycles. The molecule has 2 aromatic heterocycles. The lowest BCUT2D eigenvalue weighted by Gasteiger charge is -2.24. The number of rotatable bonds is 7. The molecule has 0 atom stereocenters. The molecule has 2 heterocycles. The van der Waals surface area contributed by atoms with E-state index < -0.39 is 11.2 Å². The summed E-state index contributed by atoms with van der Waals surface area (Å²) in [6.07, 6.45) is 0. The first-order valence-corrected chi connectivity index (χ1v) is 9.49. The van der Waals surface area contributed by atoms with Gasteiger partial charge >= 0.3 is 5.69 Å². The lowest BCUT2D eigenvalue weighted by molar-refractivity contribution is 0.0979. The Kier molecular flexibility index (Phi) is 6.61. The summed E-state index contributed by atoms with van der Waals surface area (Å²) in [5.41, 5.74) is 5.87. The van der Waals surface area contributed by atoms with E-state index in [9.17, 15) is 14.4 Å². The molecule has 0 radical (unpaired) electrons. The summed E-state index contributed by atoms with van der Waals surface area (Å²) in [4.78, 5) is 42.9. The third-order valence-electron chi connectivity index (χ3n) is 4.17. The van der Waals surface area contributed by atoms with E-state index in [1.54, 1.807) is 6.07 Å². The van der Waals surface area contributed by atoms with E-state index in [1.807, 2.05) is 27.7 Å². The molecule has 3 N–H and O–H groups in total. The molecule has 0 unspecified atom stereocenters. The molecule has 1 amide bonds. The Morgan fingerprint density at radius 1 is 1.37 bits per heavy atom. The van der Waals surface area contributed by atoms with E-state index in [4.69, 9.17) is 10.5 Å². The maximum absolute atomic E-state index is 13.1. The van der Waals surface area contributed by atoms with Gasteiger partial charge in [-0.05, 0) is 31.4 Å². The van der Waals surface area contributed by atoms with Gasteiger partial charge in [-0.3, -0.25) is 24.0 Å². The molecule has 148 valence electrons. The zero-order valence-corrected chi connectivity index (χ0v) is 17.1. The number of hydrogen-bond donors (Lipinski definition) is 2. The number of ether oxygens (including phenoxy) is 1. The smallest absolute Gasteiger partial charge is 0.330 e. The van der Waals surface area contributed by atoms with Crippen molar-refractivity contribution in [1.82, 2.24) is 9.55 Å². The number of hydrogen-bond acceptors (Lipinski definition) is 6. The van der Waals surface area contributed by atoms with Crippen molar-refractivity contribution in [1.29, 1.82) is 0 Å². The number of nitrogens with zero attached hydrogens (tertiary/aromatic N) is 2. The van der Waals surface area contributed by atoms with Crippen molar-refractivity contribution < 1.29 is 9.53 Å². The van der Waals surface area contributed by atoms with Crippen molar-refractivity contribution in [3.05, 3.63) is 42.2 Å². The van der Waals surface area contributed by atoms with Crippen LogP contribution in [0.3, 0.4) is 0 Å². The molecular weight excluding hydrogens is 368 g/mol. The number of methoxy groups -OCH3 is 1. The minimum atomic E-state index is -0.688. The summed E-state index contributed by atoms with van der Waals surface area (Å²) in [5, 5.41) is 0. The number of H-pyrrole nitrogens is 1. The Hall–Kier alpha value is -2.39. The van der Waals surface area contributed by atoms with Gasteiger partial charge in [0.1, 0.15) is 5.82 Å². The van der Waals surface area contributed by atoms with E-state index in [0.717, 1.165) is 10.4 Å². The molecule has 2 aromatic rings. The first kappa shape index (κ1) is 20.9. The molecule has 0 aliphatic rings. The van der Waals surface area contributed by atoms with Gasteiger partial charge in [0.25, 0.3) is 11.5 Å². The molecule has 0 bridgehead atoms. The summed E-state index contributed by atoms with van der Waals surface area (Å²) in [6, 6.07) is 1.79. The van der Waals surface area contributed by atoms with Gasteiger partial charge in [-0.15, -0.1) is 11.3 Å². The van der Waals surface area contributed by atoms with Gasteiger partial charge in [-0.1, -0.05) is 13.8 Å². The van der Waals surface area contributed by atoms with Crippen LogP contribution < -0.4 is 21.9 Å². The van der Waals surface area contributed by atoms with Gasteiger partial charge in [0, 0.05) is 25.1 Å². The summed E-state index contributed by atoms with van der Waals surface area (Å²) in [7, 11) is 1.51. The SMILES string of the molecule is COCCN(C(=O)c1cc(C)c(C)s1)c1c(N)n(CC(C)C)c(=O)[nH]c1=O. The second kappa shape index (κ2) is 8.53. The zero-order chi connectivity index (χ0) is 20.3. The number of carbonyl (C=O) groups excluding carboxylic acids is 1. The Morgan fingerprint density at radius 2 is 2.04 bits per heavy atom. The molecule has 2 rings (SSSR count). The summed E-state index contributed by atoms with van der Waals surface area (Å²) in [6.45, 7) is 8.41. The number of nitrogens with two attached hydrogens (primary N) is 1. The number of aromatic nitrogens is 2. The van der Waals surface area contributed by atoms with Crippen LogP contribution in [0.25, 0.3) is 0 Å². The molecule has 9 heteroatoms. The number of aromatic amines is 1. The number of amides is 1. The molecule has 0 saturated carbocycles. The van der Waals surface area contributed by atoms with Crippen molar-refractivity contribution in [3.8, 4) is 0 Å². The Bertz CT molecular complexity index is 922. The van der Waals surface area contributed by atoms with Crippen molar-refractivity contribution >= 4 is 28.7 Å². The van der Waals surface area contributed by atoms with Crippen molar-refractivity contribution in [2.45, 2.75) is 34.2 Å². The Balaban J connectivity index is 2.61. The van der Waals surface area contributed by atoms with Gasteiger partial charge in [0.05, 0.1) is 11.5 Å². The minimum absolute atomic E-state index is 0.0214. The average molecular weight is 394 g/mol. The predicted octanol–water partition coefficient (Wildman–Crippen LogP) is 1.75. The fraction of sp³-hybridized carbons (Fsp3) is 0.500. The number of aryl methyl sites for hydroxylation is 2. The van der Waals surface area contributed by atoms with Crippen LogP contribution in [0.15, 0.2) is 15.7 Å². The first-order chi connectivity index (χ1) is 12.7. The third-order valence-corrected chi connectivity index (χ3v) is 5.31. The molecule has 8 nitrogen and oxygen atoms in total. The number of nitrogens with one attached hydrogen (secondary N) is 1. The highest BCUT2D eigenvalue weighted by atomic mass is 32.1. The first-order valence-electron chi connectivity index (χ1n) is 8.67. The fourth-order valence-electron chi connectivity index (χ4n) is 2.69. The zero-order valence-electron chi connectivity index (χ0n) is 16.3. The summed E-state index contributed by atoms with van der Waals surface area (Å²) in [5.74, 6) is -0.235. The number of anilines is 2. The molecule has 0 aromatic carbocycles. The molecule has 0 spiro atoms. The van der Waals surface area contributed by atoms with Crippen LogP contribution in [0.5, 0.6) is 0 Å². The van der Waals surface area contributed by atoms with Gasteiger partial charge < -0.3 is 10.5 Å². The molecule has 0 aliphatic heterocycles. The van der Waals surface area contributed by atoms with Crippen molar-refractivity contribution in [2.24, 2.45) is 5.92 Å². The predicted molar refractivity (Wildman–Crippen MR) is 108 cm³/mol. The van der Waals surface area contributed by atoms with Crippen LogP contribution in [-0.4, -0.2) is 35.7 Å². The van der Waals surface area contributed by atoms with E-state index in [-0.39, 0.29) is 36.5 Å². The molecule has 0 saturated heterocycles. The summed E-state index contributed by atoms with van der Waals surface area (Å²) >= 11 is 1.36. The van der Waals surface area contributed by atoms with Gasteiger partial charge in [0.15, 0.2) is 5.69 Å². The monoisotopic (exact) mass is 394 g/mol. The highest BCUT2D eigenvalue weighted by molar-refractivity contribution is 7.14. The van der Waals surface area contributed by atoms with Gasteiger partial charge in [0.2, 0.25) is 0 Å². The largest absolute Gasteiger partial charge is 0.383 e. The van der Waals surface area contributed by atoms with Gasteiger partial charge in [-0.2, -0.15) is 0 Å². The normalized spacial score (nSPS) is 11.2. The molecular formula is C18H26N4O4S. The quantitative estimate of drug-likeness (QED) is 0.743. The van der Waals surface area contributed by atoms with Crippen LogP contribution in [0.4, 0.5) is 11.5 Å². The highest BCUT2D eigenvalue weighted by Gasteiger charge is 2.26. The van der Waals surface area contributed by atoms with Crippen LogP contribution in [0.2, 0.25) is 0 Å². The summed E-state index contributed by atoms with van der Waals surface area (Å²) < 4.78 is 6.39. The molecule has 27 heavy (non-hydrogen) atoms. The number of thiophene rings is 1. The topological polar surface area (TPSA) is 110 Å². The number of carbonyl (C=O) groups is 1. The second-order valence-electron chi connectivity index (χ2n) is 6.80. The van der Waals surface area contributed by atoms with Crippen LogP contribution in [0, 0.1) is 19.8 Å². The van der Waals surface area contributed by atoms with Crippen LogP contribution >= 0.6 is 11.3 Å². The number of nitrogen functional groups attached to an aromatic ring is 1. The van der Waals surface area contributed by atoms with Crippen LogP contribution in [-0.2, 0) is 11.3 Å². The van der Waals surface area contributed by atoms with Gasteiger partial charge in [-0.25, -0.2) is 4.79 Å². The van der Waals surface area contributed by atoms with Crippen molar-refractivity contribution in [2.75, 3.05) is 30.9 Å². The lowest BCUT2D eigenvalue weighted by Crippen LogP contribution is -2.42. The maximum Gasteiger partial charge on any atom is 0.330 e. The van der Waals surface area contributed by atoms with E-state index >= 15 is 0 Å². The Morgan fingerprint density at radius 3 is 2.56 bits per heavy atom. The lowest BCUT2D eigenvalue weighted by atomic mass is 10.2. The Labute approximate surface area is 161 Å². The maximum atomic E-state index is 13.1. The standard InChI is InChI=1S/C18H26N4O4S/c1-10(2)9-22-15(19)14(16(23)20-18(22)25)21(6-7-26-5)17(24)13-8-11(3)12(4)27-13/h8,10H,6-7,9,19H2,1-5H3,(H,20,23,25). The van der Waals surface area contributed by atoms with E-state index in [1.165, 1.54) is 27.9 Å². The third kappa shape index (κ3) is 4.48. The highest BCUT2D eigenvalue weighted by Crippen LogP contribution is 2.25. The molecule has 0 fully saturated rings. The van der Waals surface area contributed by atoms with Crippen LogP contribution in [0.1, 0.15) is 34.0 Å². The minimum Gasteiger partial charge on any atom is -0.383 e.